The van der Waals surface area contributed by atoms with Gasteiger partial charge in [0.05, 0.1) is 0 Å². The highest BCUT2D eigenvalue weighted by atomic mass is 16.2. The van der Waals surface area contributed by atoms with E-state index in [1.54, 1.807) is 24.3 Å². The Balaban J connectivity index is 1.47. The molecule has 0 radical (unpaired) electrons. The third kappa shape index (κ3) is 3.12. The summed E-state index contributed by atoms with van der Waals surface area (Å²) in [5.74, 6) is -4.04. The Bertz CT molecular complexity index is 903. The molecule has 0 fully saturated rings. The molecule has 0 bridgehead atoms. The smallest absolute Gasteiger partial charge is 0.270 e. The fourth-order valence-corrected chi connectivity index (χ4v) is 3.10. The Morgan fingerprint density at radius 3 is 1.11 bits per heavy atom. The van der Waals surface area contributed by atoms with Gasteiger partial charge in [-0.2, -0.15) is 0 Å². The zero-order valence-corrected chi connectivity index (χ0v) is 13.9. The number of azo groups is 2. The van der Waals surface area contributed by atoms with Crippen LogP contribution in [0, 0.1) is 0 Å². The van der Waals surface area contributed by atoms with Crippen molar-refractivity contribution in [2.24, 2.45) is 20.5 Å². The SMILES string of the molecule is O=C1N=NC(=O)C1c1ccc(Cc2ccc(C3C(=O)N=NC3=O)cc2)cc1. The van der Waals surface area contributed by atoms with E-state index in [4.69, 9.17) is 0 Å². The second kappa shape index (κ2) is 6.56. The van der Waals surface area contributed by atoms with Crippen LogP contribution in [0.4, 0.5) is 0 Å². The first kappa shape index (κ1) is 16.8. The van der Waals surface area contributed by atoms with Crippen LogP contribution < -0.4 is 0 Å². The molecule has 4 amide bonds. The summed E-state index contributed by atoms with van der Waals surface area (Å²) in [6.07, 6.45) is 0.614. The Hall–Kier alpha value is -3.68. The van der Waals surface area contributed by atoms with Crippen molar-refractivity contribution in [3.8, 4) is 0 Å². The lowest BCUT2D eigenvalue weighted by Crippen LogP contribution is -2.13. The van der Waals surface area contributed by atoms with Gasteiger partial charge in [-0.15, -0.1) is 20.5 Å². The van der Waals surface area contributed by atoms with Gasteiger partial charge in [0.15, 0.2) is 0 Å². The monoisotopic (exact) mass is 360 g/mol. The van der Waals surface area contributed by atoms with E-state index in [0.29, 0.717) is 17.5 Å². The highest BCUT2D eigenvalue weighted by Gasteiger charge is 2.34. The number of hydrogen-bond donors (Lipinski definition) is 0. The van der Waals surface area contributed by atoms with Gasteiger partial charge in [-0.1, -0.05) is 48.5 Å². The van der Waals surface area contributed by atoms with E-state index in [2.05, 4.69) is 20.5 Å². The van der Waals surface area contributed by atoms with Crippen LogP contribution in [0.1, 0.15) is 34.1 Å². The highest BCUT2D eigenvalue weighted by Crippen LogP contribution is 2.26. The number of amides is 4. The number of hydrogen-bond acceptors (Lipinski definition) is 4. The lowest BCUT2D eigenvalue weighted by molar-refractivity contribution is -0.126. The predicted molar refractivity (Wildman–Crippen MR) is 90.9 cm³/mol. The van der Waals surface area contributed by atoms with Gasteiger partial charge in [0.2, 0.25) is 0 Å². The van der Waals surface area contributed by atoms with Crippen molar-refractivity contribution in [2.45, 2.75) is 18.3 Å². The number of carbonyl (C=O) groups is 4. The van der Waals surface area contributed by atoms with E-state index in [1.165, 1.54) is 0 Å². The average Bonchev–Trinajstić information content (AvgIpc) is 3.18. The molecular formula is C19H12N4O4. The van der Waals surface area contributed by atoms with E-state index < -0.39 is 35.5 Å². The molecule has 0 aliphatic carbocycles. The van der Waals surface area contributed by atoms with Crippen molar-refractivity contribution >= 4 is 23.6 Å². The first-order chi connectivity index (χ1) is 13.0. The van der Waals surface area contributed by atoms with Gasteiger partial charge in [-0.25, -0.2) is 0 Å². The predicted octanol–water partition coefficient (Wildman–Crippen LogP) is 2.48. The van der Waals surface area contributed by atoms with Crippen molar-refractivity contribution < 1.29 is 19.2 Å². The molecule has 0 atom stereocenters. The Morgan fingerprint density at radius 2 is 0.815 bits per heavy atom. The normalized spacial score (nSPS) is 17.5. The van der Waals surface area contributed by atoms with E-state index in [0.717, 1.165) is 11.1 Å². The largest absolute Gasteiger partial charge is 0.281 e. The summed E-state index contributed by atoms with van der Waals surface area (Å²) in [5.41, 5.74) is 3.10. The molecule has 0 saturated heterocycles. The molecule has 0 saturated carbocycles. The van der Waals surface area contributed by atoms with Crippen LogP contribution in [0.15, 0.2) is 69.0 Å². The molecule has 0 unspecified atom stereocenters. The van der Waals surface area contributed by atoms with Crippen LogP contribution in [0.5, 0.6) is 0 Å². The summed E-state index contributed by atoms with van der Waals surface area (Å²) in [7, 11) is 0. The molecule has 132 valence electrons. The van der Waals surface area contributed by atoms with E-state index in [9.17, 15) is 19.2 Å². The first-order valence-corrected chi connectivity index (χ1v) is 8.19. The lowest BCUT2D eigenvalue weighted by Gasteiger charge is -2.08. The third-order valence-corrected chi connectivity index (χ3v) is 4.52. The van der Waals surface area contributed by atoms with Crippen molar-refractivity contribution in [3.05, 3.63) is 70.8 Å². The van der Waals surface area contributed by atoms with E-state index >= 15 is 0 Å². The number of benzene rings is 2. The molecule has 2 aliphatic rings. The molecule has 0 spiro atoms. The van der Waals surface area contributed by atoms with Crippen molar-refractivity contribution in [1.82, 2.24) is 0 Å². The summed E-state index contributed by atoms with van der Waals surface area (Å²) in [6.45, 7) is 0. The maximum absolute atomic E-state index is 11.6. The Morgan fingerprint density at radius 1 is 0.519 bits per heavy atom. The van der Waals surface area contributed by atoms with Gasteiger partial charge >= 0.3 is 0 Å². The molecule has 0 aromatic heterocycles. The van der Waals surface area contributed by atoms with Gasteiger partial charge in [0.25, 0.3) is 23.6 Å². The Kier molecular flexibility index (Phi) is 4.08. The van der Waals surface area contributed by atoms with Crippen LogP contribution >= 0.6 is 0 Å². The minimum atomic E-state index is -0.935. The molecule has 2 heterocycles. The van der Waals surface area contributed by atoms with Gasteiger partial charge in [-0.3, -0.25) is 19.2 Å². The first-order valence-electron chi connectivity index (χ1n) is 8.19. The molecular weight excluding hydrogens is 348 g/mol. The zero-order valence-electron chi connectivity index (χ0n) is 13.9. The van der Waals surface area contributed by atoms with Crippen LogP contribution in [-0.4, -0.2) is 23.6 Å². The molecule has 8 heteroatoms. The minimum Gasteiger partial charge on any atom is -0.270 e. The maximum atomic E-state index is 11.6. The summed E-state index contributed by atoms with van der Waals surface area (Å²) in [6, 6.07) is 14.2. The van der Waals surface area contributed by atoms with Gasteiger partial charge < -0.3 is 0 Å². The summed E-state index contributed by atoms with van der Waals surface area (Å²) >= 11 is 0. The quantitative estimate of drug-likeness (QED) is 0.778. The van der Waals surface area contributed by atoms with Crippen molar-refractivity contribution in [3.63, 3.8) is 0 Å². The summed E-state index contributed by atoms with van der Waals surface area (Å²) in [4.78, 5) is 46.4. The second-order valence-electron chi connectivity index (χ2n) is 6.28. The maximum Gasteiger partial charge on any atom is 0.281 e. The van der Waals surface area contributed by atoms with Crippen molar-refractivity contribution in [2.75, 3.05) is 0 Å². The topological polar surface area (TPSA) is 118 Å². The summed E-state index contributed by atoms with van der Waals surface area (Å²) in [5, 5.41) is 13.2. The number of nitrogens with zero attached hydrogens (tertiary/aromatic N) is 4. The number of carbonyl (C=O) groups excluding carboxylic acids is 4. The zero-order chi connectivity index (χ0) is 19.0. The highest BCUT2D eigenvalue weighted by molar-refractivity contribution is 6.10. The molecule has 8 nitrogen and oxygen atoms in total. The molecule has 27 heavy (non-hydrogen) atoms. The fraction of sp³-hybridized carbons (Fsp3) is 0.158. The number of rotatable bonds is 4. The standard InChI is InChI=1S/C19H12N4O4/c24-16-14(17(25)21-20-16)12-5-1-10(2-6-12)9-11-3-7-13(8-4-11)15-18(26)22-23-19(15)27/h1-8,14-15H,9H2. The van der Waals surface area contributed by atoms with Crippen LogP contribution in [-0.2, 0) is 25.6 Å². The molecule has 2 aromatic carbocycles. The summed E-state index contributed by atoms with van der Waals surface area (Å²) < 4.78 is 0. The van der Waals surface area contributed by atoms with E-state index in [-0.39, 0.29) is 0 Å². The average molecular weight is 360 g/mol. The minimum absolute atomic E-state index is 0.544. The lowest BCUT2D eigenvalue weighted by atomic mass is 9.94. The molecule has 0 N–H and O–H groups in total. The molecule has 2 aliphatic heterocycles. The fourth-order valence-electron chi connectivity index (χ4n) is 3.10. The molecule has 2 aromatic rings. The van der Waals surface area contributed by atoms with Crippen molar-refractivity contribution in [1.29, 1.82) is 0 Å². The van der Waals surface area contributed by atoms with Gasteiger partial charge in [-0.05, 0) is 28.7 Å². The third-order valence-electron chi connectivity index (χ3n) is 4.52. The van der Waals surface area contributed by atoms with Crippen LogP contribution in [0.2, 0.25) is 0 Å². The second-order valence-corrected chi connectivity index (χ2v) is 6.28. The molecule has 4 rings (SSSR count). The van der Waals surface area contributed by atoms with E-state index in [1.807, 2.05) is 24.3 Å². The van der Waals surface area contributed by atoms with Gasteiger partial charge in [0, 0.05) is 0 Å². The van der Waals surface area contributed by atoms with Crippen LogP contribution in [0.25, 0.3) is 0 Å². The Labute approximate surface area is 153 Å². The van der Waals surface area contributed by atoms with Gasteiger partial charge in [0.1, 0.15) is 11.8 Å². The van der Waals surface area contributed by atoms with Crippen LogP contribution in [0.3, 0.4) is 0 Å².